The molecule has 0 saturated heterocycles. The fourth-order valence-electron chi connectivity index (χ4n) is 3.57. The smallest absolute Gasteiger partial charge is 0.255 e. The Morgan fingerprint density at radius 3 is 2.77 bits per heavy atom. The van der Waals surface area contributed by atoms with Crippen LogP contribution < -0.4 is 10.1 Å². The molecule has 4 aromatic rings. The first-order valence-corrected chi connectivity index (χ1v) is 10.2. The highest BCUT2D eigenvalue weighted by Gasteiger charge is 2.18. The molecule has 2 heterocycles. The molecule has 0 bridgehead atoms. The number of aromatic nitrogens is 6. The van der Waals surface area contributed by atoms with Gasteiger partial charge < -0.3 is 14.6 Å². The third kappa shape index (κ3) is 4.09. The number of carbonyl (C=O) groups excluding carboxylic acids is 1. The highest BCUT2D eigenvalue weighted by Crippen LogP contribution is 2.29. The maximum absolute atomic E-state index is 12.8. The fourth-order valence-corrected chi connectivity index (χ4v) is 3.82. The Bertz CT molecular complexity index is 1220. The van der Waals surface area contributed by atoms with E-state index in [9.17, 15) is 4.79 Å². The molecule has 31 heavy (non-hydrogen) atoms. The number of tetrazole rings is 1. The number of amides is 1. The number of hydrogen-bond donors (Lipinski definition) is 1. The Morgan fingerprint density at radius 2 is 2.06 bits per heavy atom. The second-order valence-electron chi connectivity index (χ2n) is 7.24. The van der Waals surface area contributed by atoms with Crippen LogP contribution >= 0.6 is 11.6 Å². The molecule has 160 valence electrons. The number of nitrogens with one attached hydrogen (secondary N) is 1. The van der Waals surface area contributed by atoms with Crippen molar-refractivity contribution in [1.29, 1.82) is 0 Å². The Kier molecular flexibility index (Phi) is 5.85. The summed E-state index contributed by atoms with van der Waals surface area (Å²) in [5.74, 6) is 1.02. The van der Waals surface area contributed by atoms with Gasteiger partial charge in [0.1, 0.15) is 17.9 Å². The van der Waals surface area contributed by atoms with Gasteiger partial charge in [-0.15, -0.1) is 5.10 Å². The molecule has 0 aliphatic carbocycles. The van der Waals surface area contributed by atoms with Crippen molar-refractivity contribution in [1.82, 2.24) is 35.1 Å². The van der Waals surface area contributed by atoms with Gasteiger partial charge in [0.15, 0.2) is 0 Å². The number of benzene rings is 2. The molecule has 10 heteroatoms. The lowest BCUT2D eigenvalue weighted by Gasteiger charge is -2.14. The minimum atomic E-state index is -0.283. The third-order valence-corrected chi connectivity index (χ3v) is 5.23. The van der Waals surface area contributed by atoms with Crippen LogP contribution in [0.25, 0.3) is 16.7 Å². The van der Waals surface area contributed by atoms with Gasteiger partial charge in [-0.1, -0.05) is 23.7 Å². The van der Waals surface area contributed by atoms with Gasteiger partial charge in [-0.2, -0.15) is 4.68 Å². The van der Waals surface area contributed by atoms with Crippen LogP contribution in [0.4, 0.5) is 0 Å². The molecule has 1 amide bonds. The summed E-state index contributed by atoms with van der Waals surface area (Å²) in [6, 6.07) is 11.5. The van der Waals surface area contributed by atoms with Crippen LogP contribution in [0.15, 0.2) is 42.7 Å². The molecule has 0 aliphatic rings. The lowest BCUT2D eigenvalue weighted by Crippen LogP contribution is -2.27. The van der Waals surface area contributed by atoms with Gasteiger partial charge in [0.2, 0.25) is 0 Å². The average Bonchev–Trinajstić information content (AvgIpc) is 3.41. The molecule has 0 aliphatic heterocycles. The van der Waals surface area contributed by atoms with E-state index in [1.165, 1.54) is 18.1 Å². The first-order valence-electron chi connectivity index (χ1n) is 9.84. The minimum absolute atomic E-state index is 0.260. The third-order valence-electron chi connectivity index (χ3n) is 4.93. The SMILES string of the molecule is COc1cc(-n2cnnn2)c(Cl)cc1C(=O)NCCc1nc2ccccc2n1C(C)C. The number of rotatable bonds is 7. The molecule has 9 nitrogen and oxygen atoms in total. The molecular weight excluding hydrogens is 418 g/mol. The van der Waals surface area contributed by atoms with Crippen LogP contribution in [0.3, 0.4) is 0 Å². The van der Waals surface area contributed by atoms with Crippen LogP contribution in [0.1, 0.15) is 36.1 Å². The quantitative estimate of drug-likeness (QED) is 0.474. The zero-order valence-electron chi connectivity index (χ0n) is 17.4. The van der Waals surface area contributed by atoms with Gasteiger partial charge in [-0.05, 0) is 42.5 Å². The van der Waals surface area contributed by atoms with Gasteiger partial charge in [-0.3, -0.25) is 4.79 Å². The van der Waals surface area contributed by atoms with Crippen LogP contribution in [0.2, 0.25) is 5.02 Å². The largest absolute Gasteiger partial charge is 0.496 e. The normalized spacial score (nSPS) is 11.3. The van der Waals surface area contributed by atoms with Crippen molar-refractivity contribution in [3.8, 4) is 11.4 Å². The predicted octanol–water partition coefficient (Wildman–Crippen LogP) is 3.23. The number of carbonyl (C=O) groups is 1. The summed E-state index contributed by atoms with van der Waals surface area (Å²) in [6.07, 6.45) is 2.01. The van der Waals surface area contributed by atoms with Crippen LogP contribution in [-0.4, -0.2) is 49.3 Å². The molecule has 0 unspecified atom stereocenters. The van der Waals surface area contributed by atoms with Crippen molar-refractivity contribution in [3.05, 3.63) is 59.1 Å². The lowest BCUT2D eigenvalue weighted by atomic mass is 10.1. The standard InChI is InChI=1S/C21H22ClN7O2/c1-13(2)29-17-7-5-4-6-16(17)25-20(29)8-9-23-21(30)14-10-15(22)18(11-19(14)31-3)28-12-24-26-27-28/h4-7,10-13H,8-9H2,1-3H3,(H,23,30). The molecule has 2 aromatic carbocycles. The minimum Gasteiger partial charge on any atom is -0.496 e. The van der Waals surface area contributed by atoms with Crippen molar-refractivity contribution in [2.45, 2.75) is 26.3 Å². The predicted molar refractivity (Wildman–Crippen MR) is 117 cm³/mol. The van der Waals surface area contributed by atoms with Gasteiger partial charge in [0.05, 0.1) is 34.4 Å². The monoisotopic (exact) mass is 439 g/mol. The highest BCUT2D eigenvalue weighted by molar-refractivity contribution is 6.33. The first-order chi connectivity index (χ1) is 15.0. The molecule has 1 N–H and O–H groups in total. The highest BCUT2D eigenvalue weighted by atomic mass is 35.5. The van der Waals surface area contributed by atoms with E-state index in [1.807, 2.05) is 18.2 Å². The van der Waals surface area contributed by atoms with Gasteiger partial charge in [-0.25, -0.2) is 4.98 Å². The Balaban J connectivity index is 1.51. The first kappa shape index (κ1) is 20.8. The van der Waals surface area contributed by atoms with E-state index in [-0.39, 0.29) is 11.9 Å². The number of methoxy groups -OCH3 is 1. The summed E-state index contributed by atoms with van der Waals surface area (Å²) in [5, 5.41) is 14.3. The van der Waals surface area contributed by atoms with Crippen LogP contribution in [0.5, 0.6) is 5.75 Å². The van der Waals surface area contributed by atoms with E-state index in [1.54, 1.807) is 12.1 Å². The van der Waals surface area contributed by atoms with Crippen molar-refractivity contribution in [2.75, 3.05) is 13.7 Å². The van der Waals surface area contributed by atoms with Crippen molar-refractivity contribution in [3.63, 3.8) is 0 Å². The molecule has 0 saturated carbocycles. The molecule has 0 spiro atoms. The van der Waals surface area contributed by atoms with E-state index >= 15 is 0 Å². The summed E-state index contributed by atoms with van der Waals surface area (Å²) in [4.78, 5) is 17.6. The van der Waals surface area contributed by atoms with E-state index in [4.69, 9.17) is 21.3 Å². The Labute approximate surface area is 184 Å². The molecule has 0 atom stereocenters. The molecular formula is C21H22ClN7O2. The Hall–Kier alpha value is -3.46. The van der Waals surface area contributed by atoms with E-state index in [0.717, 1.165) is 16.9 Å². The summed E-state index contributed by atoms with van der Waals surface area (Å²) in [7, 11) is 1.49. The van der Waals surface area contributed by atoms with Crippen LogP contribution in [-0.2, 0) is 6.42 Å². The van der Waals surface area contributed by atoms with E-state index in [2.05, 4.69) is 45.3 Å². The molecule has 0 radical (unpaired) electrons. The van der Waals surface area contributed by atoms with Crippen molar-refractivity contribution in [2.24, 2.45) is 0 Å². The van der Waals surface area contributed by atoms with Gasteiger partial charge >= 0.3 is 0 Å². The second kappa shape index (κ2) is 8.73. The number of nitrogens with zero attached hydrogens (tertiary/aromatic N) is 6. The van der Waals surface area contributed by atoms with Crippen molar-refractivity contribution < 1.29 is 9.53 Å². The fraction of sp³-hybridized carbons (Fsp3) is 0.286. The average molecular weight is 440 g/mol. The number of para-hydroxylation sites is 2. The lowest BCUT2D eigenvalue weighted by molar-refractivity contribution is 0.0951. The second-order valence-corrected chi connectivity index (χ2v) is 7.65. The number of halogens is 1. The zero-order valence-corrected chi connectivity index (χ0v) is 18.2. The Morgan fingerprint density at radius 1 is 1.26 bits per heavy atom. The van der Waals surface area contributed by atoms with Crippen LogP contribution in [0, 0.1) is 0 Å². The number of fused-ring (bicyclic) bond motifs is 1. The summed E-state index contributed by atoms with van der Waals surface area (Å²) >= 11 is 6.36. The maximum atomic E-state index is 12.8. The summed E-state index contributed by atoms with van der Waals surface area (Å²) in [6.45, 7) is 4.66. The molecule has 2 aromatic heterocycles. The molecule has 4 rings (SSSR count). The van der Waals surface area contributed by atoms with Crippen molar-refractivity contribution >= 4 is 28.5 Å². The van der Waals surface area contributed by atoms with E-state index in [0.29, 0.717) is 35.0 Å². The molecule has 0 fully saturated rings. The number of imidazole rings is 1. The maximum Gasteiger partial charge on any atom is 0.255 e. The summed E-state index contributed by atoms with van der Waals surface area (Å²) in [5.41, 5.74) is 2.89. The topological polar surface area (TPSA) is 99.8 Å². The number of hydrogen-bond acceptors (Lipinski definition) is 6. The zero-order chi connectivity index (χ0) is 22.0. The number of ether oxygens (including phenoxy) is 1. The van der Waals surface area contributed by atoms with Gasteiger partial charge in [0.25, 0.3) is 5.91 Å². The summed E-state index contributed by atoms with van der Waals surface area (Å²) < 4.78 is 9.00. The van der Waals surface area contributed by atoms with Gasteiger partial charge in [0, 0.05) is 25.1 Å². The van der Waals surface area contributed by atoms with E-state index < -0.39 is 0 Å².